The van der Waals surface area contributed by atoms with Crippen LogP contribution in [0.25, 0.3) is 0 Å². The van der Waals surface area contributed by atoms with Gasteiger partial charge in [0, 0.05) is 23.9 Å². The van der Waals surface area contributed by atoms with E-state index < -0.39 is 0 Å². The molecule has 2 amide bonds. The zero-order chi connectivity index (χ0) is 20.3. The largest absolute Gasteiger partial charge is 0.331 e. The van der Waals surface area contributed by atoms with E-state index in [4.69, 9.17) is 0 Å². The van der Waals surface area contributed by atoms with Crippen molar-refractivity contribution in [2.24, 2.45) is 0 Å². The Kier molecular flexibility index (Phi) is 6.55. The van der Waals surface area contributed by atoms with Crippen LogP contribution < -0.4 is 0 Å². The first-order valence-electron chi connectivity index (χ1n) is 10.2. The van der Waals surface area contributed by atoms with Gasteiger partial charge in [0.1, 0.15) is 6.54 Å². The minimum absolute atomic E-state index is 0.0344. The van der Waals surface area contributed by atoms with Crippen LogP contribution in [0.3, 0.4) is 0 Å². The van der Waals surface area contributed by atoms with Crippen molar-refractivity contribution in [1.82, 2.24) is 9.80 Å². The van der Waals surface area contributed by atoms with Gasteiger partial charge in [-0.25, -0.2) is 0 Å². The van der Waals surface area contributed by atoms with E-state index in [0.29, 0.717) is 13.0 Å². The van der Waals surface area contributed by atoms with Crippen LogP contribution in [0.5, 0.6) is 0 Å². The highest BCUT2D eigenvalue weighted by Gasteiger charge is 2.34. The number of rotatable bonds is 6. The maximum Gasteiger partial charge on any atom is 0.243 e. The molecule has 0 saturated carbocycles. The Labute approximate surface area is 172 Å². The molecule has 0 aliphatic carbocycles. The molecule has 0 unspecified atom stereocenters. The standard InChI is InChI=1S/C23H30N2O2S/c1-5-17(4)25(21(26)6-2)15-22(27)24-13-11-20-19(12-14-28-20)23(24)18-10-8-7-9-16(18)3/h7-10,12,14,17,23H,5-6,11,13,15H2,1-4H3/t17-,23+/m0/s1. The molecule has 2 heterocycles. The highest BCUT2D eigenvalue weighted by molar-refractivity contribution is 7.10. The maximum absolute atomic E-state index is 13.4. The lowest BCUT2D eigenvalue weighted by Gasteiger charge is -2.39. The molecular weight excluding hydrogens is 368 g/mol. The fourth-order valence-electron chi connectivity index (χ4n) is 3.96. The summed E-state index contributed by atoms with van der Waals surface area (Å²) in [4.78, 5) is 31.0. The number of thiophene rings is 1. The predicted molar refractivity (Wildman–Crippen MR) is 115 cm³/mol. The first-order valence-corrected chi connectivity index (χ1v) is 11.1. The molecule has 2 aromatic rings. The topological polar surface area (TPSA) is 40.6 Å². The monoisotopic (exact) mass is 398 g/mol. The quantitative estimate of drug-likeness (QED) is 0.715. The summed E-state index contributed by atoms with van der Waals surface area (Å²) in [5.41, 5.74) is 3.59. The van der Waals surface area contributed by atoms with Gasteiger partial charge in [0.2, 0.25) is 11.8 Å². The molecule has 0 N–H and O–H groups in total. The van der Waals surface area contributed by atoms with E-state index in [-0.39, 0.29) is 30.4 Å². The fraction of sp³-hybridized carbons (Fsp3) is 0.478. The van der Waals surface area contributed by atoms with Crippen molar-refractivity contribution in [3.8, 4) is 0 Å². The van der Waals surface area contributed by atoms with Gasteiger partial charge in [-0.2, -0.15) is 0 Å². The van der Waals surface area contributed by atoms with Gasteiger partial charge in [0.25, 0.3) is 0 Å². The molecular formula is C23H30N2O2S. The van der Waals surface area contributed by atoms with Crippen molar-refractivity contribution in [2.75, 3.05) is 13.1 Å². The van der Waals surface area contributed by atoms with Crippen molar-refractivity contribution in [3.05, 3.63) is 57.3 Å². The van der Waals surface area contributed by atoms with Crippen LogP contribution in [-0.4, -0.2) is 40.7 Å². The van der Waals surface area contributed by atoms with Gasteiger partial charge in [0.15, 0.2) is 0 Å². The summed E-state index contributed by atoms with van der Waals surface area (Å²) < 4.78 is 0. The van der Waals surface area contributed by atoms with Crippen LogP contribution in [-0.2, 0) is 16.0 Å². The summed E-state index contributed by atoms with van der Waals surface area (Å²) >= 11 is 1.77. The molecule has 5 heteroatoms. The van der Waals surface area contributed by atoms with E-state index in [0.717, 1.165) is 12.8 Å². The summed E-state index contributed by atoms with van der Waals surface area (Å²) in [6, 6.07) is 10.4. The molecule has 0 saturated heterocycles. The molecule has 0 bridgehead atoms. The van der Waals surface area contributed by atoms with Gasteiger partial charge in [0.05, 0.1) is 6.04 Å². The zero-order valence-electron chi connectivity index (χ0n) is 17.3. The van der Waals surface area contributed by atoms with Crippen LogP contribution >= 0.6 is 11.3 Å². The average Bonchev–Trinajstić information content (AvgIpc) is 3.19. The average molecular weight is 399 g/mol. The van der Waals surface area contributed by atoms with Gasteiger partial charge >= 0.3 is 0 Å². The molecule has 1 aliphatic rings. The van der Waals surface area contributed by atoms with Crippen LogP contribution in [0, 0.1) is 6.92 Å². The summed E-state index contributed by atoms with van der Waals surface area (Å²) in [6.07, 6.45) is 2.15. The molecule has 1 aliphatic heterocycles. The molecule has 1 aromatic heterocycles. The number of carbonyl (C=O) groups excluding carboxylic acids is 2. The third kappa shape index (κ3) is 4.00. The van der Waals surface area contributed by atoms with Gasteiger partial charge in [-0.3, -0.25) is 9.59 Å². The maximum atomic E-state index is 13.4. The number of fused-ring (bicyclic) bond motifs is 1. The first-order chi connectivity index (χ1) is 13.5. The SMILES string of the molecule is CCC(=O)N(CC(=O)N1CCc2sccc2[C@H]1c1ccccc1C)[C@@H](C)CC. The Balaban J connectivity index is 1.94. The Hall–Kier alpha value is -2.14. The second-order valence-electron chi connectivity index (χ2n) is 7.53. The molecule has 150 valence electrons. The molecule has 28 heavy (non-hydrogen) atoms. The van der Waals surface area contributed by atoms with Crippen LogP contribution in [0.2, 0.25) is 0 Å². The Morgan fingerprint density at radius 3 is 2.64 bits per heavy atom. The number of carbonyl (C=O) groups is 2. The highest BCUT2D eigenvalue weighted by atomic mass is 32.1. The molecule has 0 fully saturated rings. The Morgan fingerprint density at radius 1 is 1.21 bits per heavy atom. The van der Waals surface area contributed by atoms with E-state index in [9.17, 15) is 9.59 Å². The van der Waals surface area contributed by atoms with Gasteiger partial charge in [-0.1, -0.05) is 38.1 Å². The summed E-state index contributed by atoms with van der Waals surface area (Å²) in [6.45, 7) is 8.89. The minimum atomic E-state index is -0.0702. The lowest BCUT2D eigenvalue weighted by Crippen LogP contribution is -2.49. The van der Waals surface area contributed by atoms with E-state index in [1.54, 1.807) is 16.2 Å². The lowest BCUT2D eigenvalue weighted by molar-refractivity contribution is -0.143. The van der Waals surface area contributed by atoms with Gasteiger partial charge in [-0.15, -0.1) is 11.3 Å². The first kappa shape index (κ1) is 20.6. The van der Waals surface area contributed by atoms with Gasteiger partial charge < -0.3 is 9.80 Å². The normalized spacial score (nSPS) is 17.1. The molecule has 0 radical (unpaired) electrons. The van der Waals surface area contributed by atoms with E-state index in [1.165, 1.54) is 21.6 Å². The minimum Gasteiger partial charge on any atom is -0.331 e. The van der Waals surface area contributed by atoms with Crippen molar-refractivity contribution in [3.63, 3.8) is 0 Å². The summed E-state index contributed by atoms with van der Waals surface area (Å²) in [5, 5.41) is 2.12. The molecule has 3 rings (SSSR count). The Morgan fingerprint density at radius 2 is 1.96 bits per heavy atom. The molecule has 0 spiro atoms. The smallest absolute Gasteiger partial charge is 0.243 e. The Bertz CT molecular complexity index is 845. The second kappa shape index (κ2) is 8.91. The van der Waals surface area contributed by atoms with Crippen LogP contribution in [0.1, 0.15) is 61.2 Å². The summed E-state index contributed by atoms with van der Waals surface area (Å²) in [5.74, 6) is 0.0792. The summed E-state index contributed by atoms with van der Waals surface area (Å²) in [7, 11) is 0. The van der Waals surface area contributed by atoms with Gasteiger partial charge in [-0.05, 0) is 54.8 Å². The van der Waals surface area contributed by atoms with Crippen molar-refractivity contribution < 1.29 is 9.59 Å². The van der Waals surface area contributed by atoms with Crippen molar-refractivity contribution in [2.45, 2.75) is 59.0 Å². The van der Waals surface area contributed by atoms with Crippen molar-refractivity contribution >= 4 is 23.2 Å². The number of amides is 2. The zero-order valence-corrected chi connectivity index (χ0v) is 18.1. The molecule has 2 atom stereocenters. The van der Waals surface area contributed by atoms with E-state index in [1.807, 2.05) is 30.9 Å². The highest BCUT2D eigenvalue weighted by Crippen LogP contribution is 2.39. The van der Waals surface area contributed by atoms with Crippen LogP contribution in [0.15, 0.2) is 35.7 Å². The third-order valence-corrected chi connectivity index (χ3v) is 6.82. The number of aryl methyl sites for hydroxylation is 1. The van der Waals surface area contributed by atoms with E-state index in [2.05, 4.69) is 37.4 Å². The number of hydrogen-bond donors (Lipinski definition) is 0. The van der Waals surface area contributed by atoms with Crippen molar-refractivity contribution in [1.29, 1.82) is 0 Å². The third-order valence-electron chi connectivity index (χ3n) is 5.82. The lowest BCUT2D eigenvalue weighted by atomic mass is 9.90. The second-order valence-corrected chi connectivity index (χ2v) is 8.53. The fourth-order valence-corrected chi connectivity index (χ4v) is 4.87. The predicted octanol–water partition coefficient (Wildman–Crippen LogP) is 4.57. The number of benzene rings is 1. The van der Waals surface area contributed by atoms with Crippen LogP contribution in [0.4, 0.5) is 0 Å². The van der Waals surface area contributed by atoms with E-state index >= 15 is 0 Å². The molecule has 4 nitrogen and oxygen atoms in total. The number of hydrogen-bond acceptors (Lipinski definition) is 3. The number of nitrogens with zero attached hydrogens (tertiary/aromatic N) is 2. The molecule has 1 aromatic carbocycles.